The van der Waals surface area contributed by atoms with Crippen molar-refractivity contribution in [3.8, 4) is 0 Å². The second-order valence-corrected chi connectivity index (χ2v) is 18.0. The number of nitrogens with one attached hydrogen (secondary N) is 1. The molecule has 0 aromatic carbocycles. The smallest absolute Gasteiger partial charge is 0.306 e. The molecule has 0 aromatic heterocycles. The van der Waals surface area contributed by atoms with Gasteiger partial charge in [-0.1, -0.05) is 248 Å². The molecular weight excluding hydrogens is 779 g/mol. The maximum Gasteiger partial charge on any atom is 0.306 e. The summed E-state index contributed by atoms with van der Waals surface area (Å²) in [6.45, 7) is 6.33. The van der Waals surface area contributed by atoms with E-state index in [9.17, 15) is 19.8 Å². The lowest BCUT2D eigenvalue weighted by molar-refractivity contribution is -0.151. The van der Waals surface area contributed by atoms with Crippen LogP contribution in [0.2, 0.25) is 0 Å². The van der Waals surface area contributed by atoms with Crippen molar-refractivity contribution in [3.05, 3.63) is 72.9 Å². The Bertz CT molecular complexity index is 1170. The van der Waals surface area contributed by atoms with Crippen LogP contribution in [0.25, 0.3) is 0 Å². The number of carbonyl (C=O) groups excluding carboxylic acids is 2. The number of allylic oxidation sites excluding steroid dienone is 12. The third-order valence-electron chi connectivity index (χ3n) is 11.9. The van der Waals surface area contributed by atoms with E-state index in [1.54, 1.807) is 0 Å². The largest absolute Gasteiger partial charge is 0.462 e. The zero-order valence-electron chi connectivity index (χ0n) is 41.4. The molecule has 3 unspecified atom stereocenters. The Morgan fingerprint density at radius 2 is 0.873 bits per heavy atom. The van der Waals surface area contributed by atoms with Crippen molar-refractivity contribution >= 4 is 11.9 Å². The summed E-state index contributed by atoms with van der Waals surface area (Å²) in [7, 11) is 0. The molecule has 1 amide bonds. The molecule has 3 atom stereocenters. The molecule has 0 spiro atoms. The quantitative estimate of drug-likeness (QED) is 0.0321. The molecule has 364 valence electrons. The number of esters is 1. The Kier molecular flexibility index (Phi) is 48.1. The molecule has 0 rings (SSSR count). The van der Waals surface area contributed by atoms with Crippen LogP contribution < -0.4 is 5.32 Å². The van der Waals surface area contributed by atoms with Gasteiger partial charge in [-0.25, -0.2) is 0 Å². The van der Waals surface area contributed by atoms with E-state index in [0.29, 0.717) is 19.3 Å². The molecule has 0 fully saturated rings. The van der Waals surface area contributed by atoms with Crippen LogP contribution >= 0.6 is 0 Å². The van der Waals surface area contributed by atoms with Gasteiger partial charge in [0.25, 0.3) is 0 Å². The average Bonchev–Trinajstić information content (AvgIpc) is 3.28. The van der Waals surface area contributed by atoms with E-state index in [0.717, 1.165) is 83.5 Å². The first-order valence-corrected chi connectivity index (χ1v) is 26.7. The van der Waals surface area contributed by atoms with Crippen LogP contribution in [0.4, 0.5) is 0 Å². The van der Waals surface area contributed by atoms with E-state index < -0.39 is 18.2 Å². The molecule has 6 heteroatoms. The highest BCUT2D eigenvalue weighted by atomic mass is 16.5. The Morgan fingerprint density at radius 3 is 1.35 bits per heavy atom. The molecule has 0 aliphatic carbocycles. The van der Waals surface area contributed by atoms with E-state index in [-0.39, 0.29) is 24.9 Å². The Labute approximate surface area is 390 Å². The van der Waals surface area contributed by atoms with Gasteiger partial charge in [0.05, 0.1) is 25.2 Å². The molecule has 0 saturated carbocycles. The molecule has 0 aromatic rings. The summed E-state index contributed by atoms with van der Waals surface area (Å²) in [4.78, 5) is 26.2. The first-order chi connectivity index (χ1) is 31.0. The van der Waals surface area contributed by atoms with Crippen LogP contribution in [0, 0.1) is 0 Å². The van der Waals surface area contributed by atoms with Gasteiger partial charge in [0.15, 0.2) is 0 Å². The predicted molar refractivity (Wildman–Crippen MR) is 273 cm³/mol. The van der Waals surface area contributed by atoms with Crippen LogP contribution in [-0.2, 0) is 14.3 Å². The number of rotatable bonds is 47. The summed E-state index contributed by atoms with van der Waals surface area (Å²) in [6, 6.07) is -0.724. The SMILES string of the molecule is CC/C=C/C=C/C=C/C=C\CCCCCCCC(=O)OC(CCC/C=C/C=C/CCCCCCCCC)CC(=O)NC(CO)C(O)CCCCCCCCCCCCCCCCC. The standard InChI is InChI=1S/C57H101NO5/c1-4-7-10-13-16-19-22-25-28-31-34-37-40-43-46-49-55(60)54(52-59)58-56(61)51-53(48-45-42-39-36-33-30-27-24-21-18-15-12-9-6-3)63-57(62)50-47-44-41-38-35-32-29-26-23-20-17-14-11-8-5-2/h8,11,14,17,20,23,26,29-30,33,36,39,53-55,59-60H,4-7,9-10,12-13,15-16,18-19,21-22,24-25,27-28,31-32,34-35,37-38,40-52H2,1-3H3,(H,58,61)/b11-8+,17-14+,23-20+,29-26-,33-30+,39-36+. The average molecular weight is 880 g/mol. The van der Waals surface area contributed by atoms with Gasteiger partial charge >= 0.3 is 5.97 Å². The summed E-state index contributed by atoms with van der Waals surface area (Å²) in [5.74, 6) is -0.547. The highest BCUT2D eigenvalue weighted by Gasteiger charge is 2.24. The molecule has 0 saturated heterocycles. The molecule has 0 radical (unpaired) electrons. The normalized spacial score (nSPS) is 13.8. The van der Waals surface area contributed by atoms with Crippen LogP contribution in [0.3, 0.4) is 0 Å². The lowest BCUT2D eigenvalue weighted by atomic mass is 10.0. The molecule has 0 heterocycles. The van der Waals surface area contributed by atoms with E-state index in [1.165, 1.54) is 122 Å². The zero-order valence-corrected chi connectivity index (χ0v) is 41.4. The Hall–Kier alpha value is -2.70. The number of aliphatic hydroxyl groups is 2. The second-order valence-electron chi connectivity index (χ2n) is 18.0. The summed E-state index contributed by atoms with van der Waals surface area (Å²) in [5, 5.41) is 23.8. The van der Waals surface area contributed by atoms with Gasteiger partial charge < -0.3 is 20.3 Å². The highest BCUT2D eigenvalue weighted by Crippen LogP contribution is 2.17. The van der Waals surface area contributed by atoms with Crippen LogP contribution in [0.15, 0.2) is 72.9 Å². The highest BCUT2D eigenvalue weighted by molar-refractivity contribution is 5.77. The van der Waals surface area contributed by atoms with Gasteiger partial charge in [0.1, 0.15) is 6.10 Å². The van der Waals surface area contributed by atoms with Crippen molar-refractivity contribution in [2.24, 2.45) is 0 Å². The Morgan fingerprint density at radius 1 is 0.476 bits per heavy atom. The number of ether oxygens (including phenoxy) is 1. The second kappa shape index (κ2) is 50.3. The van der Waals surface area contributed by atoms with Gasteiger partial charge in [-0.15, -0.1) is 0 Å². The van der Waals surface area contributed by atoms with Crippen LogP contribution in [-0.4, -0.2) is 46.9 Å². The van der Waals surface area contributed by atoms with E-state index in [4.69, 9.17) is 4.74 Å². The van der Waals surface area contributed by atoms with E-state index in [1.807, 2.05) is 18.2 Å². The number of aliphatic hydroxyl groups excluding tert-OH is 2. The molecule has 3 N–H and O–H groups in total. The number of unbranched alkanes of at least 4 members (excludes halogenated alkanes) is 27. The summed E-state index contributed by atoms with van der Waals surface area (Å²) in [6.07, 6.45) is 63.9. The number of hydrogen-bond acceptors (Lipinski definition) is 5. The minimum Gasteiger partial charge on any atom is -0.462 e. The van der Waals surface area contributed by atoms with Crippen molar-refractivity contribution < 1.29 is 24.5 Å². The fourth-order valence-corrected chi connectivity index (χ4v) is 7.85. The van der Waals surface area contributed by atoms with Gasteiger partial charge in [0.2, 0.25) is 5.91 Å². The maximum absolute atomic E-state index is 13.2. The van der Waals surface area contributed by atoms with E-state index >= 15 is 0 Å². The van der Waals surface area contributed by atoms with Crippen molar-refractivity contribution in [1.29, 1.82) is 0 Å². The topological polar surface area (TPSA) is 95.9 Å². The van der Waals surface area contributed by atoms with Gasteiger partial charge in [-0.05, 0) is 64.2 Å². The number of hydrogen-bond donors (Lipinski definition) is 3. The first kappa shape index (κ1) is 60.3. The van der Waals surface area contributed by atoms with Crippen molar-refractivity contribution in [1.82, 2.24) is 5.32 Å². The predicted octanol–water partition coefficient (Wildman–Crippen LogP) is 16.2. The summed E-state index contributed by atoms with van der Waals surface area (Å²) >= 11 is 0. The minimum atomic E-state index is -0.806. The molecule has 0 bridgehead atoms. The zero-order chi connectivity index (χ0) is 45.9. The summed E-state index contributed by atoms with van der Waals surface area (Å²) < 4.78 is 5.90. The van der Waals surface area contributed by atoms with Gasteiger partial charge in [-0.3, -0.25) is 9.59 Å². The fourth-order valence-electron chi connectivity index (χ4n) is 7.85. The van der Waals surface area contributed by atoms with Crippen molar-refractivity contribution in [2.75, 3.05) is 6.61 Å². The summed E-state index contributed by atoms with van der Waals surface area (Å²) in [5.41, 5.74) is 0. The first-order valence-electron chi connectivity index (χ1n) is 26.7. The fraction of sp³-hybridized carbons (Fsp3) is 0.754. The lowest BCUT2D eigenvalue weighted by Crippen LogP contribution is -2.46. The maximum atomic E-state index is 13.2. The number of carbonyl (C=O) groups is 2. The number of amides is 1. The molecule has 63 heavy (non-hydrogen) atoms. The molecular formula is C57H101NO5. The van der Waals surface area contributed by atoms with Gasteiger partial charge in [-0.2, -0.15) is 0 Å². The van der Waals surface area contributed by atoms with Crippen LogP contribution in [0.1, 0.15) is 252 Å². The van der Waals surface area contributed by atoms with Crippen molar-refractivity contribution in [2.45, 2.75) is 270 Å². The molecule has 0 aliphatic rings. The Balaban J connectivity index is 4.66. The van der Waals surface area contributed by atoms with Crippen molar-refractivity contribution in [3.63, 3.8) is 0 Å². The molecule has 6 nitrogen and oxygen atoms in total. The minimum absolute atomic E-state index is 0.0326. The van der Waals surface area contributed by atoms with Crippen LogP contribution in [0.5, 0.6) is 0 Å². The van der Waals surface area contributed by atoms with Gasteiger partial charge in [0, 0.05) is 6.42 Å². The lowest BCUT2D eigenvalue weighted by Gasteiger charge is -2.24. The molecule has 0 aliphatic heterocycles. The monoisotopic (exact) mass is 880 g/mol. The third-order valence-corrected chi connectivity index (χ3v) is 11.9. The van der Waals surface area contributed by atoms with E-state index in [2.05, 4.69) is 80.8 Å². The third kappa shape index (κ3) is 45.7.